The van der Waals surface area contributed by atoms with Gasteiger partial charge >= 0.3 is 23.9 Å². The Kier molecular flexibility index (Phi) is 35.8. The first kappa shape index (κ1) is 88.7. The van der Waals surface area contributed by atoms with Gasteiger partial charge in [0.25, 0.3) is 0 Å². The standard InChI is InChI=1S/C68H118O35/c1-13-15-19-23-38(24-21-18-16-17-20-22-37(71)25-41(72)88-12)95-67-58(49(80)45(76)40(97-67)27-89-63-50(81)46(77)42(73)33(8)91-63)103-68-59(48(79)44(75)39(26-69)96-68)102-66-52(83)56(99-60(85)28(3)14-2)55(36(11)94-66)100-65-53(84)57(101-64-51(82)47(78)43(74)34(9)92-64)54(35(10)93-65)98-62(87)30(5)32(7)90-61(86)29(4)31(6)70/h28-40,42-59,63-71,73-84H,13-27H2,1-12H3/t28-,29+,30+,31+,32+,33-,34-,35+,36-,37-,38-,39+,40+,42-,43-,44+,45+,46+,47+,48-,49-,50+,51+,52+,53+,54+,55-,56-,57+,58+,59+,63+,64-,65-,66-,67+,68-/m0/s1. The summed E-state index contributed by atoms with van der Waals surface area (Å²) in [6.45, 7) is 14.8. The Hall–Kier alpha value is -3.20. The van der Waals surface area contributed by atoms with Crippen LogP contribution in [0.4, 0.5) is 0 Å². The van der Waals surface area contributed by atoms with Crippen molar-refractivity contribution in [3.8, 4) is 0 Å². The van der Waals surface area contributed by atoms with Crippen molar-refractivity contribution in [1.29, 1.82) is 0 Å². The molecule has 6 aliphatic rings. The summed E-state index contributed by atoms with van der Waals surface area (Å²) >= 11 is 0. The van der Waals surface area contributed by atoms with Crippen LogP contribution < -0.4 is 0 Å². The Bertz CT molecular complexity index is 2530. The Morgan fingerprint density at radius 1 is 0.427 bits per heavy atom. The van der Waals surface area contributed by atoms with Crippen LogP contribution in [0.3, 0.4) is 0 Å². The van der Waals surface area contributed by atoms with Crippen molar-refractivity contribution >= 4 is 23.9 Å². The van der Waals surface area contributed by atoms with Gasteiger partial charge in [-0.1, -0.05) is 72.1 Å². The van der Waals surface area contributed by atoms with Gasteiger partial charge in [-0.2, -0.15) is 0 Å². The van der Waals surface area contributed by atoms with E-state index in [0.29, 0.717) is 44.9 Å². The van der Waals surface area contributed by atoms with Gasteiger partial charge in [-0.25, -0.2) is 0 Å². The van der Waals surface area contributed by atoms with E-state index in [9.17, 15) is 95.8 Å². The van der Waals surface area contributed by atoms with Crippen LogP contribution in [0.15, 0.2) is 0 Å². The predicted octanol–water partition coefficient (Wildman–Crippen LogP) is -2.63. The minimum absolute atomic E-state index is 0.122. The zero-order valence-corrected chi connectivity index (χ0v) is 60.8. The molecule has 103 heavy (non-hydrogen) atoms. The summed E-state index contributed by atoms with van der Waals surface area (Å²) in [7, 11) is 1.24. The normalized spacial score (nSPS) is 40.8. The van der Waals surface area contributed by atoms with E-state index in [1.807, 2.05) is 6.92 Å². The van der Waals surface area contributed by atoms with E-state index in [1.165, 1.54) is 69.4 Å². The summed E-state index contributed by atoms with van der Waals surface area (Å²) in [4.78, 5) is 52.3. The van der Waals surface area contributed by atoms with Crippen LogP contribution in [0.25, 0.3) is 0 Å². The lowest BCUT2D eigenvalue weighted by atomic mass is 9.95. The van der Waals surface area contributed by atoms with Gasteiger partial charge in [-0.05, 0) is 81.1 Å². The third-order valence-electron chi connectivity index (χ3n) is 20.3. The lowest BCUT2D eigenvalue weighted by molar-refractivity contribution is -0.403. The van der Waals surface area contributed by atoms with Gasteiger partial charge < -0.3 is 152 Å². The molecule has 600 valence electrons. The average Bonchev–Trinajstić information content (AvgIpc) is 0.771. The first-order valence-electron chi connectivity index (χ1n) is 36.2. The minimum atomic E-state index is -2.17. The van der Waals surface area contributed by atoms with Crippen LogP contribution in [-0.2, 0) is 95.0 Å². The fraction of sp³-hybridized carbons (Fsp3) is 0.941. The molecule has 0 saturated carbocycles. The molecule has 6 heterocycles. The summed E-state index contributed by atoms with van der Waals surface area (Å²) in [5.41, 5.74) is 0. The molecule has 35 heteroatoms. The molecule has 0 bridgehead atoms. The minimum Gasteiger partial charge on any atom is -0.469 e. The quantitative estimate of drug-likeness (QED) is 0.0172. The van der Waals surface area contributed by atoms with E-state index in [4.69, 9.17) is 71.1 Å². The second-order valence-corrected chi connectivity index (χ2v) is 28.3. The summed E-state index contributed by atoms with van der Waals surface area (Å²) in [5.74, 6) is -6.24. The highest BCUT2D eigenvalue weighted by molar-refractivity contribution is 5.76. The average molecular weight is 1500 g/mol. The fourth-order valence-corrected chi connectivity index (χ4v) is 12.7. The number of rotatable bonds is 37. The number of ether oxygens (including phenoxy) is 16. The Morgan fingerprint density at radius 3 is 1.47 bits per heavy atom. The molecule has 37 atom stereocenters. The van der Waals surface area contributed by atoms with Crippen molar-refractivity contribution in [2.45, 2.75) is 368 Å². The molecule has 15 N–H and O–H groups in total. The Morgan fingerprint density at radius 2 is 0.893 bits per heavy atom. The molecule has 35 nitrogen and oxygen atoms in total. The van der Waals surface area contributed by atoms with Gasteiger partial charge in [0.1, 0.15) is 116 Å². The molecule has 6 rings (SSSR count). The molecule has 0 radical (unpaired) electrons. The van der Waals surface area contributed by atoms with Gasteiger partial charge in [0, 0.05) is 0 Å². The molecule has 0 aromatic rings. The first-order chi connectivity index (χ1) is 48.6. The molecular weight excluding hydrogens is 1380 g/mol. The van der Waals surface area contributed by atoms with Crippen LogP contribution in [-0.4, -0.2) is 329 Å². The molecular formula is C68H118O35. The molecule has 0 aliphatic carbocycles. The maximum absolute atomic E-state index is 14.0. The lowest BCUT2D eigenvalue weighted by Gasteiger charge is -2.50. The molecule has 0 amide bonds. The van der Waals surface area contributed by atoms with E-state index in [-0.39, 0.29) is 12.8 Å². The van der Waals surface area contributed by atoms with Gasteiger partial charge in [0.15, 0.2) is 49.9 Å². The molecule has 6 aliphatic heterocycles. The number of esters is 4. The molecule has 0 aromatic carbocycles. The number of carbonyl (C=O) groups excluding carboxylic acids is 4. The summed E-state index contributed by atoms with van der Waals surface area (Å²) in [5, 5.41) is 167. The Balaban J connectivity index is 1.29. The maximum Gasteiger partial charge on any atom is 0.312 e. The second-order valence-electron chi connectivity index (χ2n) is 28.3. The fourth-order valence-electron chi connectivity index (χ4n) is 12.7. The highest BCUT2D eigenvalue weighted by Gasteiger charge is 2.59. The van der Waals surface area contributed by atoms with Crippen molar-refractivity contribution in [3.63, 3.8) is 0 Å². The first-order valence-corrected chi connectivity index (χ1v) is 36.2. The van der Waals surface area contributed by atoms with Gasteiger partial charge in [0.05, 0.1) is 87.2 Å². The number of hydrogen-bond acceptors (Lipinski definition) is 35. The van der Waals surface area contributed by atoms with Crippen molar-refractivity contribution in [2.75, 3.05) is 20.3 Å². The summed E-state index contributed by atoms with van der Waals surface area (Å²) < 4.78 is 96.2. The van der Waals surface area contributed by atoms with Crippen LogP contribution in [0.2, 0.25) is 0 Å². The molecule has 6 fully saturated rings. The lowest BCUT2D eigenvalue weighted by Crippen LogP contribution is -2.68. The van der Waals surface area contributed by atoms with Crippen molar-refractivity contribution < 1.29 is 172 Å². The predicted molar refractivity (Wildman–Crippen MR) is 348 cm³/mol. The number of unbranched alkanes of at least 4 members (excludes halogenated alkanes) is 6. The zero-order valence-electron chi connectivity index (χ0n) is 60.8. The smallest absolute Gasteiger partial charge is 0.312 e. The molecule has 6 saturated heterocycles. The van der Waals surface area contributed by atoms with E-state index >= 15 is 0 Å². The van der Waals surface area contributed by atoms with Crippen molar-refractivity contribution in [1.82, 2.24) is 0 Å². The van der Waals surface area contributed by atoms with Gasteiger partial charge in [-0.15, -0.1) is 0 Å². The van der Waals surface area contributed by atoms with E-state index in [0.717, 1.165) is 25.7 Å². The van der Waals surface area contributed by atoms with Crippen molar-refractivity contribution in [3.05, 3.63) is 0 Å². The largest absolute Gasteiger partial charge is 0.469 e. The Labute approximate surface area is 600 Å². The van der Waals surface area contributed by atoms with Gasteiger partial charge in [-0.3, -0.25) is 19.2 Å². The number of aliphatic hydroxyl groups is 15. The topological polar surface area (TPSA) is 519 Å². The van der Waals surface area contributed by atoms with Crippen molar-refractivity contribution in [2.24, 2.45) is 17.8 Å². The van der Waals surface area contributed by atoms with Crippen LogP contribution in [0, 0.1) is 17.8 Å². The number of aliphatic hydroxyl groups excluding tert-OH is 15. The van der Waals surface area contributed by atoms with Crippen LogP contribution >= 0.6 is 0 Å². The molecule has 0 spiro atoms. The van der Waals surface area contributed by atoms with Crippen LogP contribution in [0.5, 0.6) is 0 Å². The van der Waals surface area contributed by atoms with Gasteiger partial charge in [0.2, 0.25) is 0 Å². The monoisotopic (exact) mass is 1490 g/mol. The van der Waals surface area contributed by atoms with Crippen LogP contribution in [0.1, 0.15) is 160 Å². The summed E-state index contributed by atoms with van der Waals surface area (Å²) in [6.07, 6.45) is -49.3. The van der Waals surface area contributed by atoms with E-state index < -0.39 is 263 Å². The van der Waals surface area contributed by atoms with E-state index in [2.05, 4.69) is 4.74 Å². The molecule has 0 aromatic heterocycles. The van der Waals surface area contributed by atoms with E-state index in [1.54, 1.807) is 6.92 Å². The maximum atomic E-state index is 14.0. The SMILES string of the molecule is CCCCC[C@@H](CCCCCCC[C@H](O)CC(=O)OC)O[C@@H]1O[C@H](CO[C@@H]2O[C@@H](C)[C@H](O)[C@@H](O)[C@H]2O)[C@@H](O)[C@H](O)[C@H]1O[C@@H]1O[C@H](CO)[C@@H](O)[C@H](O)[C@H]1O[C@@H]1O[C@@H](C)[C@H](O[C@@H]2O[C@H](C)[C@@H](OC(=O)[C@H](C)[C@@H](C)OC(=O)[C@H](C)[C@@H](C)O)[C@H](O[C@@H]3O[C@@H](C)[C@H](O)[C@@H](O)[C@H]3O)[C@H]2O)[C@@H](OC(=O)[C@@H](C)CC)[C@H]1O. The molecule has 0 unspecified atom stereocenters. The number of carbonyl (C=O) groups is 4. The second kappa shape index (κ2) is 41.6. The highest BCUT2D eigenvalue weighted by atomic mass is 16.8. The zero-order chi connectivity index (χ0) is 76.6. The summed E-state index contributed by atoms with van der Waals surface area (Å²) in [6, 6.07) is 0. The third-order valence-corrected chi connectivity index (χ3v) is 20.3. The number of methoxy groups -OCH3 is 1. The third kappa shape index (κ3) is 23.4. The number of hydrogen-bond donors (Lipinski definition) is 15. The highest BCUT2D eigenvalue weighted by Crippen LogP contribution is 2.39.